The molecule has 2 aromatic carbocycles. The molecule has 0 amide bonds. The Morgan fingerprint density at radius 2 is 1.66 bits per heavy atom. The van der Waals surface area contributed by atoms with Crippen molar-refractivity contribution < 1.29 is 9.59 Å². The Labute approximate surface area is 193 Å². The Morgan fingerprint density at radius 3 is 2.41 bits per heavy atom. The van der Waals surface area contributed by atoms with E-state index in [-0.39, 0.29) is 17.5 Å². The molecule has 6 heteroatoms. The number of nitrogens with zero attached hydrogens (tertiary/aromatic N) is 3. The first kappa shape index (κ1) is 22.6. The Bertz CT molecular complexity index is 1080. The molecule has 1 aliphatic rings. The van der Waals surface area contributed by atoms with Gasteiger partial charge in [-0.05, 0) is 81.7 Å². The van der Waals surface area contributed by atoms with Crippen LogP contribution in [-0.2, 0) is 0 Å². The minimum Gasteiger partial charge on any atom is -0.303 e. The lowest BCUT2D eigenvalue weighted by Gasteiger charge is -2.31. The molecule has 0 saturated carbocycles. The predicted molar refractivity (Wildman–Crippen MR) is 127 cm³/mol. The molecule has 1 saturated heterocycles. The Kier molecular flexibility index (Phi) is 7.61. The second kappa shape index (κ2) is 10.8. The summed E-state index contributed by atoms with van der Waals surface area (Å²) in [5.74, 6) is 0.398. The monoisotopic (exact) mass is 449 g/mol. The van der Waals surface area contributed by atoms with Gasteiger partial charge in [0.15, 0.2) is 11.6 Å². The molecule has 5 nitrogen and oxygen atoms in total. The molecule has 32 heavy (non-hydrogen) atoms. The number of benzene rings is 2. The number of rotatable bonds is 9. The molecular weight excluding hydrogens is 422 g/mol. The molecule has 0 N–H and O–H groups in total. The average Bonchev–Trinajstić information content (AvgIpc) is 2.84. The highest BCUT2D eigenvalue weighted by atomic mass is 35.5. The lowest BCUT2D eigenvalue weighted by atomic mass is 9.89. The molecule has 0 atom stereocenters. The number of carbonyl (C=O) groups excluding carboxylic acids is 2. The van der Waals surface area contributed by atoms with Gasteiger partial charge in [-0.1, -0.05) is 30.2 Å². The maximum atomic E-state index is 12.7. The summed E-state index contributed by atoms with van der Waals surface area (Å²) in [5.41, 5.74) is 2.78. The van der Waals surface area contributed by atoms with Gasteiger partial charge in [-0.3, -0.25) is 14.6 Å². The summed E-state index contributed by atoms with van der Waals surface area (Å²) < 4.78 is 0. The van der Waals surface area contributed by atoms with Gasteiger partial charge in [0.25, 0.3) is 0 Å². The standard InChI is InChI=1S/C26H28ClN3O2/c27-21-11-9-19(10-12-21)26(32)20-13-16-30(17-14-20)15-5-1-2-8-25(31)24-18-28-22-6-3-4-7-23(22)29-24/h3-4,6-7,9-12,18,20H,1-2,5,8,13-17H2. The highest BCUT2D eigenvalue weighted by Crippen LogP contribution is 2.23. The first-order chi connectivity index (χ1) is 15.6. The predicted octanol–water partition coefficient (Wildman–Crippen LogP) is 5.62. The molecule has 0 aliphatic carbocycles. The average molecular weight is 450 g/mol. The number of carbonyl (C=O) groups is 2. The van der Waals surface area contributed by atoms with Crippen molar-refractivity contribution in [3.8, 4) is 0 Å². The number of likely N-dealkylation sites (tertiary alicyclic amines) is 1. The van der Waals surface area contributed by atoms with Crippen molar-refractivity contribution in [2.24, 2.45) is 5.92 Å². The van der Waals surface area contributed by atoms with E-state index in [1.165, 1.54) is 0 Å². The fraction of sp³-hybridized carbons (Fsp3) is 0.385. The smallest absolute Gasteiger partial charge is 0.182 e. The minimum absolute atomic E-state index is 0.0600. The van der Waals surface area contributed by atoms with E-state index in [0.717, 1.165) is 68.3 Å². The zero-order valence-electron chi connectivity index (χ0n) is 18.2. The molecule has 2 heterocycles. The van der Waals surface area contributed by atoms with Crippen LogP contribution in [-0.4, -0.2) is 46.1 Å². The number of fused-ring (bicyclic) bond motifs is 1. The van der Waals surface area contributed by atoms with Crippen molar-refractivity contribution in [1.29, 1.82) is 0 Å². The van der Waals surface area contributed by atoms with Crippen molar-refractivity contribution in [3.05, 3.63) is 71.0 Å². The van der Waals surface area contributed by atoms with Crippen LogP contribution in [0.2, 0.25) is 5.02 Å². The summed E-state index contributed by atoms with van der Waals surface area (Å²) >= 11 is 5.92. The van der Waals surface area contributed by atoms with Crippen molar-refractivity contribution in [2.45, 2.75) is 38.5 Å². The fourth-order valence-corrected chi connectivity index (χ4v) is 4.41. The van der Waals surface area contributed by atoms with Crippen LogP contribution in [0.15, 0.2) is 54.7 Å². The van der Waals surface area contributed by atoms with Gasteiger partial charge in [0.05, 0.1) is 17.2 Å². The quantitative estimate of drug-likeness (QED) is 0.313. The maximum absolute atomic E-state index is 12.7. The molecule has 0 bridgehead atoms. The van der Waals surface area contributed by atoms with Crippen LogP contribution in [0.4, 0.5) is 0 Å². The number of para-hydroxylation sites is 2. The molecule has 4 rings (SSSR count). The third-order valence-corrected chi connectivity index (χ3v) is 6.45. The maximum Gasteiger partial charge on any atom is 0.182 e. The van der Waals surface area contributed by atoms with Gasteiger partial charge in [-0.15, -0.1) is 0 Å². The van der Waals surface area contributed by atoms with E-state index in [1.54, 1.807) is 18.3 Å². The number of hydrogen-bond acceptors (Lipinski definition) is 5. The van der Waals surface area contributed by atoms with Gasteiger partial charge >= 0.3 is 0 Å². The third kappa shape index (κ3) is 5.78. The van der Waals surface area contributed by atoms with E-state index >= 15 is 0 Å². The topological polar surface area (TPSA) is 63.2 Å². The second-order valence-corrected chi connectivity index (χ2v) is 8.90. The molecule has 166 valence electrons. The number of unbranched alkanes of at least 4 members (excludes halogenated alkanes) is 2. The van der Waals surface area contributed by atoms with Gasteiger partial charge in [0.2, 0.25) is 0 Å². The number of Topliss-reactive ketones (excluding diaryl/α,β-unsaturated/α-hetero) is 2. The summed E-state index contributed by atoms with van der Waals surface area (Å²) in [6, 6.07) is 14.8. The van der Waals surface area contributed by atoms with E-state index in [0.29, 0.717) is 17.1 Å². The first-order valence-corrected chi connectivity index (χ1v) is 11.7. The zero-order chi connectivity index (χ0) is 22.3. The molecule has 0 radical (unpaired) electrons. The number of halogens is 1. The van der Waals surface area contributed by atoms with Gasteiger partial charge in [0, 0.05) is 22.9 Å². The lowest BCUT2D eigenvalue weighted by Crippen LogP contribution is -2.36. The highest BCUT2D eigenvalue weighted by molar-refractivity contribution is 6.30. The zero-order valence-corrected chi connectivity index (χ0v) is 18.9. The van der Waals surface area contributed by atoms with Crippen LogP contribution in [0.25, 0.3) is 11.0 Å². The molecule has 1 aromatic heterocycles. The van der Waals surface area contributed by atoms with Crippen LogP contribution in [0.1, 0.15) is 59.4 Å². The van der Waals surface area contributed by atoms with E-state index < -0.39 is 0 Å². The molecule has 1 fully saturated rings. The summed E-state index contributed by atoms with van der Waals surface area (Å²) in [6.45, 7) is 2.93. The normalized spacial score (nSPS) is 15.2. The Hall–Kier alpha value is -2.63. The van der Waals surface area contributed by atoms with E-state index in [4.69, 9.17) is 11.6 Å². The van der Waals surface area contributed by atoms with Crippen LogP contribution >= 0.6 is 11.6 Å². The summed E-state index contributed by atoms with van der Waals surface area (Å²) in [5, 5.41) is 0.656. The molecule has 0 spiro atoms. The van der Waals surface area contributed by atoms with Crippen molar-refractivity contribution >= 4 is 34.2 Å². The summed E-state index contributed by atoms with van der Waals surface area (Å²) in [7, 11) is 0. The summed E-state index contributed by atoms with van der Waals surface area (Å²) in [4.78, 5) is 36.3. The second-order valence-electron chi connectivity index (χ2n) is 8.46. The van der Waals surface area contributed by atoms with Gasteiger partial charge < -0.3 is 4.90 Å². The lowest BCUT2D eigenvalue weighted by molar-refractivity contribution is 0.0839. The Morgan fingerprint density at radius 1 is 0.938 bits per heavy atom. The van der Waals surface area contributed by atoms with Crippen LogP contribution in [0.3, 0.4) is 0 Å². The Balaban J connectivity index is 1.14. The van der Waals surface area contributed by atoms with Crippen LogP contribution in [0, 0.1) is 5.92 Å². The molecule has 1 aliphatic heterocycles. The van der Waals surface area contributed by atoms with Crippen LogP contribution in [0.5, 0.6) is 0 Å². The number of hydrogen-bond donors (Lipinski definition) is 0. The van der Waals surface area contributed by atoms with E-state index in [2.05, 4.69) is 14.9 Å². The van der Waals surface area contributed by atoms with Gasteiger partial charge in [-0.2, -0.15) is 0 Å². The first-order valence-electron chi connectivity index (χ1n) is 11.4. The largest absolute Gasteiger partial charge is 0.303 e. The highest BCUT2D eigenvalue weighted by Gasteiger charge is 2.25. The fourth-order valence-electron chi connectivity index (χ4n) is 4.29. The minimum atomic E-state index is 0.0600. The van der Waals surface area contributed by atoms with Crippen molar-refractivity contribution in [3.63, 3.8) is 0 Å². The molecular formula is C26H28ClN3O2. The number of piperidine rings is 1. The number of ketones is 2. The van der Waals surface area contributed by atoms with Gasteiger partial charge in [-0.25, -0.2) is 4.98 Å². The van der Waals surface area contributed by atoms with Crippen molar-refractivity contribution in [2.75, 3.05) is 19.6 Å². The van der Waals surface area contributed by atoms with E-state index in [1.807, 2.05) is 36.4 Å². The molecule has 0 unspecified atom stereocenters. The third-order valence-electron chi connectivity index (χ3n) is 6.20. The number of aromatic nitrogens is 2. The summed E-state index contributed by atoms with van der Waals surface area (Å²) in [6.07, 6.45) is 6.83. The van der Waals surface area contributed by atoms with Crippen LogP contribution < -0.4 is 0 Å². The SMILES string of the molecule is O=C(CCCCCN1CCC(C(=O)c2ccc(Cl)cc2)CC1)c1cnc2ccccc2n1. The van der Waals surface area contributed by atoms with Crippen molar-refractivity contribution in [1.82, 2.24) is 14.9 Å². The van der Waals surface area contributed by atoms with E-state index in [9.17, 15) is 9.59 Å². The van der Waals surface area contributed by atoms with Gasteiger partial charge in [0.1, 0.15) is 5.69 Å². The molecule has 3 aromatic rings.